The Bertz CT molecular complexity index is 1560. The van der Waals surface area contributed by atoms with Crippen LogP contribution < -0.4 is 5.14 Å². The predicted octanol–water partition coefficient (Wildman–Crippen LogP) is 5.26. The molecule has 2 N–H and O–H groups in total. The number of carbonyl (C=O) groups excluding carboxylic acids is 1. The smallest absolute Gasteiger partial charge is 0.357 e. The first-order valence-electron chi connectivity index (χ1n) is 11.8. The van der Waals surface area contributed by atoms with Gasteiger partial charge in [-0.2, -0.15) is 0 Å². The van der Waals surface area contributed by atoms with Crippen LogP contribution in [-0.4, -0.2) is 35.5 Å². The number of sulfonamides is 1. The van der Waals surface area contributed by atoms with Crippen molar-refractivity contribution in [3.8, 4) is 21.8 Å². The second-order valence-electron chi connectivity index (χ2n) is 8.92. The highest BCUT2D eigenvalue weighted by Crippen LogP contribution is 2.41. The SMILES string of the molecule is CCOC(=O)c1csc(-c2cc(-c3cccc(Br)c3)n(Cc3ccc(S(N)(=O)=O)cn3)c2CC2CC2)n1. The van der Waals surface area contributed by atoms with Crippen LogP contribution in [-0.2, 0) is 27.7 Å². The normalized spacial score (nSPS) is 13.6. The Morgan fingerprint density at radius 1 is 1.24 bits per heavy atom. The van der Waals surface area contributed by atoms with E-state index in [2.05, 4.69) is 42.6 Å². The second kappa shape index (κ2) is 10.5. The summed E-state index contributed by atoms with van der Waals surface area (Å²) in [6.07, 6.45) is 4.50. The molecule has 1 fully saturated rings. The van der Waals surface area contributed by atoms with E-state index in [1.54, 1.807) is 18.4 Å². The summed E-state index contributed by atoms with van der Waals surface area (Å²) in [5.41, 5.74) is 5.09. The van der Waals surface area contributed by atoms with Gasteiger partial charge in [0.2, 0.25) is 10.0 Å². The predicted molar refractivity (Wildman–Crippen MR) is 146 cm³/mol. The van der Waals surface area contributed by atoms with Gasteiger partial charge in [-0.25, -0.2) is 23.3 Å². The number of carbonyl (C=O) groups is 1. The lowest BCUT2D eigenvalue weighted by atomic mass is 10.1. The van der Waals surface area contributed by atoms with Crippen molar-refractivity contribution >= 4 is 43.3 Å². The van der Waals surface area contributed by atoms with Gasteiger partial charge in [-0.3, -0.25) is 4.98 Å². The minimum atomic E-state index is -3.82. The molecule has 8 nitrogen and oxygen atoms in total. The molecular formula is C26H25BrN4O4S2. The number of pyridine rings is 1. The first-order valence-corrected chi connectivity index (χ1v) is 15.0. The van der Waals surface area contributed by atoms with E-state index in [0.29, 0.717) is 30.5 Å². The zero-order chi connectivity index (χ0) is 26.2. The summed E-state index contributed by atoms with van der Waals surface area (Å²) in [5, 5.41) is 7.74. The summed E-state index contributed by atoms with van der Waals surface area (Å²) in [6.45, 7) is 2.50. The van der Waals surface area contributed by atoms with Crippen LogP contribution in [0.2, 0.25) is 0 Å². The van der Waals surface area contributed by atoms with Crippen LogP contribution in [0.15, 0.2) is 63.4 Å². The van der Waals surface area contributed by atoms with E-state index < -0.39 is 16.0 Å². The van der Waals surface area contributed by atoms with Gasteiger partial charge >= 0.3 is 5.97 Å². The van der Waals surface area contributed by atoms with E-state index in [9.17, 15) is 13.2 Å². The summed E-state index contributed by atoms with van der Waals surface area (Å²) >= 11 is 5.00. The average molecular weight is 602 g/mol. The molecule has 1 saturated carbocycles. The zero-order valence-electron chi connectivity index (χ0n) is 20.1. The maximum Gasteiger partial charge on any atom is 0.357 e. The Morgan fingerprint density at radius 2 is 2.05 bits per heavy atom. The molecule has 37 heavy (non-hydrogen) atoms. The third kappa shape index (κ3) is 5.85. The van der Waals surface area contributed by atoms with Gasteiger partial charge in [0.25, 0.3) is 0 Å². The number of nitrogens with two attached hydrogens (primary N) is 1. The molecule has 0 spiro atoms. The number of nitrogens with zero attached hydrogens (tertiary/aromatic N) is 3. The summed E-state index contributed by atoms with van der Waals surface area (Å²) in [7, 11) is -3.82. The molecule has 0 amide bonds. The lowest BCUT2D eigenvalue weighted by Gasteiger charge is -2.15. The molecule has 0 radical (unpaired) electrons. The summed E-state index contributed by atoms with van der Waals surface area (Å²) in [4.78, 5) is 21.3. The maximum atomic E-state index is 12.3. The maximum absolute atomic E-state index is 12.3. The standard InChI is InChI=1S/C26H25BrN4O4S2/c1-2-35-26(32)22-15-36-25(30-22)21-12-23(17-4-3-5-18(27)11-17)31(24(21)10-16-6-7-16)14-19-8-9-20(13-29-19)37(28,33)34/h3-5,8-9,11-13,15-16H,2,6-7,10,14H2,1H3,(H2,28,33,34). The van der Waals surface area contributed by atoms with Crippen LogP contribution in [0.25, 0.3) is 21.8 Å². The fourth-order valence-electron chi connectivity index (χ4n) is 4.19. The van der Waals surface area contributed by atoms with Crippen LogP contribution in [0.5, 0.6) is 0 Å². The number of benzene rings is 1. The van der Waals surface area contributed by atoms with Crippen LogP contribution >= 0.6 is 27.3 Å². The van der Waals surface area contributed by atoms with Crippen LogP contribution in [0.1, 0.15) is 41.6 Å². The topological polar surface area (TPSA) is 117 Å². The lowest BCUT2D eigenvalue weighted by molar-refractivity contribution is 0.0520. The first-order chi connectivity index (χ1) is 17.7. The molecule has 0 unspecified atom stereocenters. The number of hydrogen-bond acceptors (Lipinski definition) is 7. The van der Waals surface area contributed by atoms with Gasteiger partial charge in [-0.15, -0.1) is 11.3 Å². The number of halogens is 1. The highest BCUT2D eigenvalue weighted by Gasteiger charge is 2.28. The zero-order valence-corrected chi connectivity index (χ0v) is 23.3. The van der Waals surface area contributed by atoms with Crippen LogP contribution in [0.3, 0.4) is 0 Å². The van der Waals surface area contributed by atoms with Gasteiger partial charge in [-0.1, -0.05) is 28.1 Å². The minimum Gasteiger partial charge on any atom is -0.461 e. The van der Waals surface area contributed by atoms with Crippen molar-refractivity contribution in [1.82, 2.24) is 14.5 Å². The van der Waals surface area contributed by atoms with E-state index in [1.807, 2.05) is 18.2 Å². The van der Waals surface area contributed by atoms with Crippen LogP contribution in [0.4, 0.5) is 0 Å². The molecule has 0 saturated heterocycles. The molecule has 4 aromatic rings. The number of aromatic nitrogens is 3. The lowest BCUT2D eigenvalue weighted by Crippen LogP contribution is -2.13. The number of esters is 1. The third-order valence-corrected chi connectivity index (χ3v) is 8.44. The van der Waals surface area contributed by atoms with Crippen molar-refractivity contribution in [1.29, 1.82) is 0 Å². The van der Waals surface area contributed by atoms with Gasteiger partial charge in [0.15, 0.2) is 5.69 Å². The first kappa shape index (κ1) is 25.8. The molecule has 3 heterocycles. The fraction of sp³-hybridized carbons (Fsp3) is 0.269. The number of primary sulfonamides is 1. The van der Waals surface area contributed by atoms with Crippen molar-refractivity contribution in [2.24, 2.45) is 11.1 Å². The molecule has 1 aliphatic rings. The van der Waals surface area contributed by atoms with Crippen molar-refractivity contribution in [2.45, 2.75) is 37.6 Å². The van der Waals surface area contributed by atoms with Crippen molar-refractivity contribution < 1.29 is 17.9 Å². The molecule has 1 aromatic carbocycles. The molecule has 192 valence electrons. The van der Waals surface area contributed by atoms with Crippen molar-refractivity contribution in [3.63, 3.8) is 0 Å². The highest BCUT2D eigenvalue weighted by atomic mass is 79.9. The van der Waals surface area contributed by atoms with Gasteiger partial charge in [0.05, 0.1) is 18.8 Å². The molecule has 0 bridgehead atoms. The molecule has 1 aliphatic carbocycles. The molecule has 0 atom stereocenters. The van der Waals surface area contributed by atoms with E-state index >= 15 is 0 Å². The van der Waals surface area contributed by atoms with Gasteiger partial charge in [0.1, 0.15) is 9.90 Å². The molecule has 0 aliphatic heterocycles. The quantitative estimate of drug-likeness (QED) is 0.262. The average Bonchev–Trinajstić information content (AvgIpc) is 3.42. The number of rotatable bonds is 9. The largest absolute Gasteiger partial charge is 0.461 e. The Kier molecular flexibility index (Phi) is 7.30. The van der Waals surface area contributed by atoms with E-state index in [0.717, 1.165) is 38.4 Å². The van der Waals surface area contributed by atoms with E-state index in [-0.39, 0.29) is 4.90 Å². The van der Waals surface area contributed by atoms with Crippen LogP contribution in [0, 0.1) is 5.92 Å². The van der Waals surface area contributed by atoms with Crippen molar-refractivity contribution in [3.05, 3.63) is 75.6 Å². The number of thiazole rings is 1. The van der Waals surface area contributed by atoms with Gasteiger partial charge in [-0.05, 0) is 68.0 Å². The minimum absolute atomic E-state index is 0.0239. The molecular weight excluding hydrogens is 576 g/mol. The molecule has 5 rings (SSSR count). The third-order valence-electron chi connectivity index (χ3n) is 6.17. The summed E-state index contributed by atoms with van der Waals surface area (Å²) in [5.74, 6) is 0.157. The highest BCUT2D eigenvalue weighted by molar-refractivity contribution is 9.10. The van der Waals surface area contributed by atoms with E-state index in [1.165, 1.54) is 36.4 Å². The van der Waals surface area contributed by atoms with Crippen molar-refractivity contribution in [2.75, 3.05) is 6.61 Å². The molecule has 11 heteroatoms. The number of ether oxygens (including phenoxy) is 1. The second-order valence-corrected chi connectivity index (χ2v) is 12.3. The fourth-order valence-corrected chi connectivity index (χ4v) is 5.87. The molecule has 3 aromatic heterocycles. The Morgan fingerprint density at radius 3 is 2.70 bits per heavy atom. The summed E-state index contributed by atoms with van der Waals surface area (Å²) in [6, 6.07) is 13.3. The Balaban J connectivity index is 1.63. The monoisotopic (exact) mass is 600 g/mol. The van der Waals surface area contributed by atoms with Gasteiger partial charge < -0.3 is 9.30 Å². The summed E-state index contributed by atoms with van der Waals surface area (Å²) < 4.78 is 31.7. The Labute approximate surface area is 227 Å². The van der Waals surface area contributed by atoms with Gasteiger partial charge in [0, 0.05) is 33.0 Å². The number of hydrogen-bond donors (Lipinski definition) is 1. The Hall–Kier alpha value is -2.86. The van der Waals surface area contributed by atoms with E-state index in [4.69, 9.17) is 9.88 Å².